The van der Waals surface area contributed by atoms with E-state index in [0.29, 0.717) is 50.3 Å². The molecule has 3 aliphatic rings. The Morgan fingerprint density at radius 3 is 2.26 bits per heavy atom. The molecule has 5 amide bonds. The van der Waals surface area contributed by atoms with Crippen molar-refractivity contribution in [1.29, 1.82) is 0 Å². The van der Waals surface area contributed by atoms with Crippen molar-refractivity contribution in [3.05, 3.63) is 66.7 Å². The van der Waals surface area contributed by atoms with E-state index < -0.39 is 26.6 Å². The molecule has 0 radical (unpaired) electrons. The van der Waals surface area contributed by atoms with E-state index in [1.807, 2.05) is 101 Å². The average molecular weight is 956 g/mol. The zero-order valence-corrected chi connectivity index (χ0v) is 43.0. The minimum atomic E-state index is -0.786. The van der Waals surface area contributed by atoms with E-state index in [9.17, 15) is 29.1 Å². The van der Waals surface area contributed by atoms with Crippen LogP contribution in [-0.4, -0.2) is 118 Å². The second kappa shape index (κ2) is 21.4. The van der Waals surface area contributed by atoms with Crippen LogP contribution in [0.3, 0.4) is 0 Å². The third kappa shape index (κ3) is 11.8. The molecule has 3 heterocycles. The van der Waals surface area contributed by atoms with E-state index in [2.05, 4.69) is 53.2 Å². The lowest BCUT2D eigenvalue weighted by atomic mass is 9.84. The fourth-order valence-electron chi connectivity index (χ4n) is 10.4. The zero-order chi connectivity index (χ0) is 49.8. The van der Waals surface area contributed by atoms with Crippen LogP contribution < -0.4 is 15.5 Å². The maximum atomic E-state index is 14.1. The summed E-state index contributed by atoms with van der Waals surface area (Å²) in [7, 11) is -0.618. The number of para-hydroxylation sites is 1. The number of ether oxygens (including phenoxy) is 1. The highest BCUT2D eigenvalue weighted by Gasteiger charge is 2.60. The first-order chi connectivity index (χ1) is 32.0. The Hall–Kier alpha value is -4.86. The highest BCUT2D eigenvalue weighted by Crippen LogP contribution is 2.53. The van der Waals surface area contributed by atoms with Crippen molar-refractivity contribution in [3.8, 4) is 22.5 Å². The first-order valence-electron chi connectivity index (χ1n) is 24.4. The van der Waals surface area contributed by atoms with Crippen LogP contribution in [0.15, 0.2) is 61.2 Å². The van der Waals surface area contributed by atoms with Gasteiger partial charge in [0.05, 0.1) is 40.9 Å². The molecule has 1 aliphatic carbocycles. The summed E-state index contributed by atoms with van der Waals surface area (Å²) < 4.78 is 8.12. The number of aliphatic hydroxyl groups is 1. The van der Waals surface area contributed by atoms with Crippen LogP contribution in [0.2, 0.25) is 0 Å². The van der Waals surface area contributed by atoms with Crippen LogP contribution in [-0.2, 0) is 40.8 Å². The molecule has 6 rings (SSSR count). The summed E-state index contributed by atoms with van der Waals surface area (Å²) in [6.07, 6.45) is 12.4. The van der Waals surface area contributed by atoms with Crippen molar-refractivity contribution in [1.82, 2.24) is 30.5 Å². The zero-order valence-electron chi connectivity index (χ0n) is 42.2. The number of nitrogens with zero attached hydrogens (tertiary/aromatic N) is 5. The first kappa shape index (κ1) is 52.5. The molecule has 2 aliphatic heterocycles. The monoisotopic (exact) mass is 956 g/mol. The third-order valence-electron chi connectivity index (χ3n) is 14.6. The van der Waals surface area contributed by atoms with E-state index in [4.69, 9.17) is 4.74 Å². The SMILES string of the molecule is C=CC1C(CCCS(C)(C)C)C(C)C2C(=O)N(CCC(=O)NCCC(C)(C)OCCC(C)(C)C(=O)NCCC(=O)N3Cc4ccccc4-c4c(nnn4C(C)(C)CCO)-c4ccccc43)C(=O)C12. The van der Waals surface area contributed by atoms with Crippen molar-refractivity contribution >= 4 is 45.3 Å². The molecule has 3 N–H and O–H groups in total. The quantitative estimate of drug-likeness (QED) is 0.0688. The molecule has 1 saturated carbocycles. The fraction of sp³-hybridized carbons (Fsp3) is 0.604. The minimum absolute atomic E-state index is 0.0000443. The van der Waals surface area contributed by atoms with Gasteiger partial charge in [0.1, 0.15) is 5.69 Å². The smallest absolute Gasteiger partial charge is 0.233 e. The topological polar surface area (TPSA) is 176 Å². The number of aliphatic hydroxyl groups excluding tert-OH is 1. The molecule has 1 saturated heterocycles. The molecule has 68 heavy (non-hydrogen) atoms. The van der Waals surface area contributed by atoms with Gasteiger partial charge in [0.15, 0.2) is 0 Å². The lowest BCUT2D eigenvalue weighted by Gasteiger charge is -2.31. The summed E-state index contributed by atoms with van der Waals surface area (Å²) in [4.78, 5) is 70.9. The van der Waals surface area contributed by atoms with Gasteiger partial charge in [0.25, 0.3) is 0 Å². The van der Waals surface area contributed by atoms with Gasteiger partial charge in [-0.2, -0.15) is 0 Å². The van der Waals surface area contributed by atoms with Crippen molar-refractivity contribution in [2.24, 2.45) is 35.0 Å². The van der Waals surface area contributed by atoms with Gasteiger partial charge in [-0.3, -0.25) is 28.9 Å². The van der Waals surface area contributed by atoms with Crippen molar-refractivity contribution < 1.29 is 33.8 Å². The Labute approximate surface area is 405 Å². The molecule has 14 nitrogen and oxygen atoms in total. The summed E-state index contributed by atoms with van der Waals surface area (Å²) in [6, 6.07) is 15.6. The number of nitrogens with one attached hydrogen (secondary N) is 2. The summed E-state index contributed by atoms with van der Waals surface area (Å²) in [5.74, 6) is -0.145. The molecule has 15 heteroatoms. The van der Waals surface area contributed by atoms with E-state index in [1.54, 1.807) is 4.90 Å². The number of likely N-dealkylation sites (tertiary alicyclic amines) is 1. The molecule has 1 aromatic heterocycles. The first-order valence-corrected chi connectivity index (χ1v) is 27.4. The number of hydrogen-bond acceptors (Lipinski definition) is 9. The lowest BCUT2D eigenvalue weighted by molar-refractivity contribution is -0.141. The van der Waals surface area contributed by atoms with Gasteiger partial charge >= 0.3 is 0 Å². The standard InChI is InChI=1S/C53H77N7O7S/c1-12-37-38(21-17-33-68(9,10)11)35(2)44-45(37)49(65)58(48(44)64)30-24-42(62)54-29-25-53(7,8)67-32-27-51(3,4)50(66)55-28-23-43(63)59-34-36-18-13-14-19-39(36)47-46(40-20-15-16-22-41(40)59)56-57-60(47)52(5,6)26-31-61/h12-16,18-20,22,35,37-38,44-45,61H,1,17,21,23-34H2,2-11H3,(H,54,62)(H,55,66). The molecule has 5 unspecified atom stereocenters. The van der Waals surface area contributed by atoms with E-state index >= 15 is 0 Å². The van der Waals surface area contributed by atoms with Crippen LogP contribution in [0.5, 0.6) is 0 Å². The largest absolute Gasteiger partial charge is 0.396 e. The van der Waals surface area contributed by atoms with E-state index in [-0.39, 0.29) is 91.7 Å². The minimum Gasteiger partial charge on any atom is -0.396 e. The molecular formula is C53H77N7O7S. The number of carbonyl (C=O) groups excluding carboxylic acids is 5. The predicted molar refractivity (Wildman–Crippen MR) is 271 cm³/mol. The fourth-order valence-corrected chi connectivity index (χ4v) is 11.4. The number of rotatable bonds is 22. The number of benzene rings is 2. The second-order valence-corrected chi connectivity index (χ2v) is 26.5. The average Bonchev–Trinajstić information content (AvgIpc) is 3.90. The Bertz CT molecular complexity index is 2330. The summed E-state index contributed by atoms with van der Waals surface area (Å²) in [5.41, 5.74) is 2.91. The third-order valence-corrected chi connectivity index (χ3v) is 16.1. The normalized spacial score (nSPS) is 20.8. The van der Waals surface area contributed by atoms with Gasteiger partial charge in [-0.1, -0.05) is 74.5 Å². The number of hydrogen-bond donors (Lipinski definition) is 3. The maximum Gasteiger partial charge on any atom is 0.233 e. The van der Waals surface area contributed by atoms with E-state index in [0.717, 1.165) is 35.2 Å². The van der Waals surface area contributed by atoms with Crippen LogP contribution in [0.1, 0.15) is 99.0 Å². The highest BCUT2D eigenvalue weighted by atomic mass is 32.3. The molecule has 2 aromatic carbocycles. The summed E-state index contributed by atoms with van der Waals surface area (Å²) >= 11 is 0. The molecule has 2 fully saturated rings. The van der Waals surface area contributed by atoms with Crippen molar-refractivity contribution in [3.63, 3.8) is 0 Å². The van der Waals surface area contributed by atoms with Crippen molar-refractivity contribution in [2.45, 2.75) is 111 Å². The number of imide groups is 1. The van der Waals surface area contributed by atoms with Gasteiger partial charge in [0.2, 0.25) is 29.5 Å². The summed E-state index contributed by atoms with van der Waals surface area (Å²) in [5, 5.41) is 25.0. The summed E-state index contributed by atoms with van der Waals surface area (Å²) in [6.45, 7) is 19.0. The number of aromatic nitrogens is 3. The molecule has 0 spiro atoms. The van der Waals surface area contributed by atoms with Gasteiger partial charge in [-0.05, 0) is 114 Å². The van der Waals surface area contributed by atoms with Crippen LogP contribution in [0.25, 0.3) is 22.5 Å². The van der Waals surface area contributed by atoms with Gasteiger partial charge in [-0.25, -0.2) is 14.7 Å². The molecular weight excluding hydrogens is 879 g/mol. The van der Waals surface area contributed by atoms with Gasteiger partial charge in [-0.15, -0.1) is 11.7 Å². The van der Waals surface area contributed by atoms with Crippen LogP contribution in [0.4, 0.5) is 5.69 Å². The Balaban J connectivity index is 0.946. The number of amides is 5. The van der Waals surface area contributed by atoms with E-state index in [1.165, 1.54) is 10.7 Å². The molecule has 5 atom stereocenters. The number of fused-ring (bicyclic) bond motifs is 6. The number of anilines is 1. The van der Waals surface area contributed by atoms with Gasteiger partial charge in [0, 0.05) is 62.2 Å². The Kier molecular flexibility index (Phi) is 16.5. The van der Waals surface area contributed by atoms with Crippen LogP contribution in [0, 0.1) is 35.0 Å². The number of allylic oxidation sites excluding steroid dienone is 1. The van der Waals surface area contributed by atoms with Crippen LogP contribution >= 0.6 is 10.0 Å². The molecule has 372 valence electrons. The number of carbonyl (C=O) groups is 5. The van der Waals surface area contributed by atoms with Crippen molar-refractivity contribution in [2.75, 3.05) is 62.3 Å². The predicted octanol–water partition coefficient (Wildman–Crippen LogP) is 7.33. The second-order valence-electron chi connectivity index (χ2n) is 21.9. The lowest BCUT2D eigenvalue weighted by Crippen LogP contribution is -2.41. The molecule has 3 aromatic rings. The highest BCUT2D eigenvalue weighted by molar-refractivity contribution is 8.32. The Morgan fingerprint density at radius 2 is 1.57 bits per heavy atom. The molecule has 0 bridgehead atoms. The Morgan fingerprint density at radius 1 is 0.897 bits per heavy atom. The van der Waals surface area contributed by atoms with Gasteiger partial charge < -0.3 is 25.4 Å². The maximum absolute atomic E-state index is 14.1.